The molecule has 0 spiro atoms. The number of nitrogens with zero attached hydrogens (tertiary/aromatic N) is 2. The smallest absolute Gasteiger partial charge is 0.254 e. The third-order valence-corrected chi connectivity index (χ3v) is 8.33. The summed E-state index contributed by atoms with van der Waals surface area (Å²) < 4.78 is 5.29. The lowest BCUT2D eigenvalue weighted by Gasteiger charge is -2.25. The molecule has 11 nitrogen and oxygen atoms in total. The van der Waals surface area contributed by atoms with Gasteiger partial charge in [-0.25, -0.2) is 4.98 Å². The highest BCUT2D eigenvalue weighted by Gasteiger charge is 2.25. The zero-order valence-corrected chi connectivity index (χ0v) is 27.5. The summed E-state index contributed by atoms with van der Waals surface area (Å²) in [5, 5.41) is 31.9. The molecule has 0 aliphatic rings. The number of benzene rings is 3. The monoisotopic (exact) mass is 659 g/mol. The highest BCUT2D eigenvalue weighted by molar-refractivity contribution is 7.09. The summed E-state index contributed by atoms with van der Waals surface area (Å²) >= 11 is 1.44. The minimum atomic E-state index is -0.977. The third kappa shape index (κ3) is 10.4. The van der Waals surface area contributed by atoms with Crippen molar-refractivity contribution >= 4 is 29.1 Å². The van der Waals surface area contributed by atoms with Crippen molar-refractivity contribution in [2.75, 3.05) is 33.9 Å². The number of aliphatic hydroxyl groups is 2. The lowest BCUT2D eigenvalue weighted by Crippen LogP contribution is -2.48. The Morgan fingerprint density at radius 3 is 2.34 bits per heavy atom. The molecule has 0 aliphatic heterocycles. The molecule has 0 radical (unpaired) electrons. The van der Waals surface area contributed by atoms with Crippen molar-refractivity contribution < 1.29 is 29.3 Å². The van der Waals surface area contributed by atoms with Crippen molar-refractivity contribution in [2.24, 2.45) is 0 Å². The van der Waals surface area contributed by atoms with Crippen LogP contribution in [0.4, 0.5) is 0 Å². The maximum absolute atomic E-state index is 13.8. The van der Waals surface area contributed by atoms with E-state index in [9.17, 15) is 24.6 Å². The molecule has 12 heteroatoms. The lowest BCUT2D eigenvalue weighted by molar-refractivity contribution is 0.0784. The normalized spacial score (nSPS) is 12.2. The average Bonchev–Trinajstić information content (AvgIpc) is 3.50. The predicted octanol–water partition coefficient (Wildman–Crippen LogP) is 2.95. The fourth-order valence-electron chi connectivity index (χ4n) is 4.95. The molecular formula is C35H41N5O6S. The summed E-state index contributed by atoms with van der Waals surface area (Å²) in [6, 6.07) is 20.6. The summed E-state index contributed by atoms with van der Waals surface area (Å²) in [7, 11) is 3.23. The van der Waals surface area contributed by atoms with Crippen LogP contribution in [0.1, 0.15) is 52.9 Å². The van der Waals surface area contributed by atoms with Gasteiger partial charge in [-0.15, -0.1) is 11.3 Å². The topological polar surface area (TPSA) is 153 Å². The van der Waals surface area contributed by atoms with Gasteiger partial charge in [0.15, 0.2) is 0 Å². The Hall–Kier alpha value is -4.62. The van der Waals surface area contributed by atoms with Crippen molar-refractivity contribution in [1.29, 1.82) is 0 Å². The summed E-state index contributed by atoms with van der Waals surface area (Å²) in [5.41, 5.74) is 3.06. The highest BCUT2D eigenvalue weighted by atomic mass is 32.1. The fraction of sp³-hybridized carbons (Fsp3) is 0.314. The summed E-state index contributed by atoms with van der Waals surface area (Å²) in [6.45, 7) is 2.54. The van der Waals surface area contributed by atoms with Gasteiger partial charge in [0.2, 0.25) is 0 Å². The van der Waals surface area contributed by atoms with Crippen molar-refractivity contribution in [3.63, 3.8) is 0 Å². The molecule has 4 rings (SSSR count). The molecule has 1 aromatic heterocycles. The van der Waals surface area contributed by atoms with Gasteiger partial charge < -0.3 is 35.8 Å². The molecule has 47 heavy (non-hydrogen) atoms. The number of carbonyl (C=O) groups is 3. The molecule has 0 unspecified atom stereocenters. The van der Waals surface area contributed by atoms with Gasteiger partial charge in [-0.2, -0.15) is 0 Å². The van der Waals surface area contributed by atoms with Crippen molar-refractivity contribution in [3.05, 3.63) is 117 Å². The summed E-state index contributed by atoms with van der Waals surface area (Å²) in [5.74, 6) is -0.759. The largest absolute Gasteiger partial charge is 0.497 e. The number of hydrogen-bond acceptors (Lipinski definition) is 9. The van der Waals surface area contributed by atoms with E-state index < -0.39 is 29.9 Å². The number of aromatic nitrogens is 1. The molecule has 5 N–H and O–H groups in total. The quantitative estimate of drug-likeness (QED) is 0.123. The number of carbonyl (C=O) groups excluding carboxylic acids is 3. The Balaban J connectivity index is 1.55. The zero-order valence-electron chi connectivity index (χ0n) is 26.7. The average molecular weight is 660 g/mol. The molecule has 3 amide bonds. The van der Waals surface area contributed by atoms with E-state index in [0.717, 1.165) is 27.6 Å². The number of aryl methyl sites for hydroxylation is 1. The number of thiazole rings is 1. The van der Waals surface area contributed by atoms with Crippen LogP contribution in [-0.2, 0) is 19.5 Å². The first-order valence-electron chi connectivity index (χ1n) is 15.2. The lowest BCUT2D eigenvalue weighted by atomic mass is 9.99. The van der Waals surface area contributed by atoms with Gasteiger partial charge in [0.1, 0.15) is 10.8 Å². The van der Waals surface area contributed by atoms with E-state index in [0.29, 0.717) is 13.0 Å². The van der Waals surface area contributed by atoms with E-state index in [4.69, 9.17) is 4.74 Å². The van der Waals surface area contributed by atoms with Crippen LogP contribution in [0.5, 0.6) is 5.75 Å². The number of ether oxygens (including phenoxy) is 1. The van der Waals surface area contributed by atoms with Crippen molar-refractivity contribution in [3.8, 4) is 5.75 Å². The number of nitrogens with one attached hydrogen (secondary N) is 3. The molecular weight excluding hydrogens is 618 g/mol. The minimum absolute atomic E-state index is 0.00986. The number of methoxy groups -OCH3 is 1. The predicted molar refractivity (Wildman–Crippen MR) is 181 cm³/mol. The number of aliphatic hydroxyl groups excluding tert-OH is 2. The molecule has 0 fully saturated rings. The summed E-state index contributed by atoms with van der Waals surface area (Å²) in [4.78, 5) is 46.1. The maximum Gasteiger partial charge on any atom is 0.254 e. The van der Waals surface area contributed by atoms with Gasteiger partial charge in [0, 0.05) is 54.4 Å². The van der Waals surface area contributed by atoms with Gasteiger partial charge in [0.25, 0.3) is 17.7 Å². The van der Waals surface area contributed by atoms with Gasteiger partial charge in [-0.05, 0) is 54.8 Å². The van der Waals surface area contributed by atoms with E-state index in [1.165, 1.54) is 34.4 Å². The van der Waals surface area contributed by atoms with Crippen LogP contribution in [0.15, 0.2) is 78.2 Å². The molecule has 0 aliphatic carbocycles. The first-order chi connectivity index (χ1) is 22.7. The molecule has 1 heterocycles. The Labute approximate surface area is 278 Å². The van der Waals surface area contributed by atoms with E-state index in [1.54, 1.807) is 14.2 Å². The van der Waals surface area contributed by atoms with Gasteiger partial charge in [-0.3, -0.25) is 14.4 Å². The number of amides is 3. The Morgan fingerprint density at radius 1 is 0.957 bits per heavy atom. The minimum Gasteiger partial charge on any atom is -0.497 e. The third-order valence-electron chi connectivity index (χ3n) is 7.38. The number of rotatable bonds is 16. The molecule has 2 atom stereocenters. The highest BCUT2D eigenvalue weighted by Crippen LogP contribution is 2.18. The Bertz CT molecular complexity index is 1650. The standard InChI is InChI=1S/C35H41N5O6S/c1-23-22-47-32(38-23)21-40(2)35(45)28-17-26(33(43)37-12-13-41)16-27(18-28)34(44)39-30(15-24-8-5-4-6-9-24)31(42)20-36-19-25-10-7-11-29(14-25)46-3/h4-11,14,16-18,22,30-31,36,41-42H,12-13,15,19-21H2,1-3H3,(H,37,43)(H,39,44)/t30-,31+/m0/s1. The van der Waals surface area contributed by atoms with Crippen molar-refractivity contribution in [2.45, 2.75) is 38.6 Å². The summed E-state index contributed by atoms with van der Waals surface area (Å²) in [6.07, 6.45) is -0.637. The fourth-order valence-corrected chi connectivity index (χ4v) is 5.77. The maximum atomic E-state index is 13.8. The van der Waals surface area contributed by atoms with Crippen LogP contribution in [0.25, 0.3) is 0 Å². The van der Waals surface area contributed by atoms with Crippen LogP contribution in [-0.4, -0.2) is 83.8 Å². The molecule has 0 saturated heterocycles. The van der Waals surface area contributed by atoms with E-state index in [-0.39, 0.29) is 42.9 Å². The SMILES string of the molecule is COc1cccc(CNC[C@@H](O)[C@H](Cc2ccccc2)NC(=O)c2cc(C(=O)NCCO)cc(C(=O)N(C)Cc3nc(C)cs3)c2)c1. The van der Waals surface area contributed by atoms with E-state index in [1.807, 2.05) is 66.9 Å². The van der Waals surface area contributed by atoms with Gasteiger partial charge >= 0.3 is 0 Å². The Kier molecular flexibility index (Phi) is 13.0. The van der Waals surface area contributed by atoms with E-state index >= 15 is 0 Å². The molecule has 4 aromatic rings. The van der Waals surface area contributed by atoms with Crippen LogP contribution in [0.2, 0.25) is 0 Å². The van der Waals surface area contributed by atoms with Crippen LogP contribution < -0.4 is 20.7 Å². The van der Waals surface area contributed by atoms with Crippen molar-refractivity contribution in [1.82, 2.24) is 25.8 Å². The molecule has 248 valence electrons. The first-order valence-corrected chi connectivity index (χ1v) is 16.1. The second kappa shape index (κ2) is 17.3. The zero-order chi connectivity index (χ0) is 33.8. The van der Waals surface area contributed by atoms with Crippen LogP contribution >= 0.6 is 11.3 Å². The number of hydrogen-bond donors (Lipinski definition) is 5. The second-order valence-corrected chi connectivity index (χ2v) is 12.1. The van der Waals surface area contributed by atoms with Crippen LogP contribution in [0.3, 0.4) is 0 Å². The first kappa shape index (κ1) is 35.2. The molecule has 3 aromatic carbocycles. The second-order valence-electron chi connectivity index (χ2n) is 11.1. The Morgan fingerprint density at radius 2 is 1.66 bits per heavy atom. The van der Waals surface area contributed by atoms with E-state index in [2.05, 4.69) is 20.9 Å². The van der Waals surface area contributed by atoms with Gasteiger partial charge in [-0.1, -0.05) is 42.5 Å². The molecule has 0 saturated carbocycles. The van der Waals surface area contributed by atoms with Gasteiger partial charge in [0.05, 0.1) is 32.4 Å². The van der Waals surface area contributed by atoms with Crippen LogP contribution in [0, 0.1) is 6.92 Å². The molecule has 0 bridgehead atoms.